The molecule has 3 rings (SSSR count). The van der Waals surface area contributed by atoms with Crippen molar-refractivity contribution in [3.8, 4) is 0 Å². The zero-order valence-corrected chi connectivity index (χ0v) is 11.1. The van der Waals surface area contributed by atoms with Gasteiger partial charge in [-0.3, -0.25) is 4.79 Å². The van der Waals surface area contributed by atoms with Crippen LogP contribution < -0.4 is 5.32 Å². The average molecular weight is 275 g/mol. The van der Waals surface area contributed by atoms with Crippen LogP contribution in [0.25, 0.3) is 0 Å². The van der Waals surface area contributed by atoms with Crippen LogP contribution in [-0.4, -0.2) is 5.91 Å². The van der Waals surface area contributed by atoms with Crippen molar-refractivity contribution >= 4 is 17.2 Å². The van der Waals surface area contributed by atoms with Crippen molar-refractivity contribution in [3.05, 3.63) is 58.0 Å². The second-order valence-electron chi connectivity index (χ2n) is 4.77. The van der Waals surface area contributed by atoms with Gasteiger partial charge in [-0.2, -0.15) is 0 Å². The molecule has 1 fully saturated rings. The maximum atomic E-state index is 13.4. The van der Waals surface area contributed by atoms with Crippen molar-refractivity contribution in [2.45, 2.75) is 18.9 Å². The van der Waals surface area contributed by atoms with Crippen molar-refractivity contribution in [1.29, 1.82) is 0 Å². The summed E-state index contributed by atoms with van der Waals surface area (Å²) in [6.07, 6.45) is 0.906. The zero-order chi connectivity index (χ0) is 13.2. The summed E-state index contributed by atoms with van der Waals surface area (Å²) in [6.45, 7) is 0.263. The molecular formula is C15H14FNOS. The molecule has 2 unspecified atom stereocenters. The third-order valence-corrected chi connectivity index (χ3v) is 4.45. The molecule has 1 N–H and O–H groups in total. The van der Waals surface area contributed by atoms with E-state index in [1.807, 2.05) is 11.4 Å². The highest BCUT2D eigenvalue weighted by atomic mass is 32.1. The molecule has 1 saturated carbocycles. The van der Waals surface area contributed by atoms with Crippen LogP contribution >= 0.6 is 11.3 Å². The summed E-state index contributed by atoms with van der Waals surface area (Å²) in [5, 5.41) is 4.85. The Balaban J connectivity index is 1.55. The molecule has 2 atom stereocenters. The topological polar surface area (TPSA) is 29.1 Å². The maximum Gasteiger partial charge on any atom is 0.224 e. The Morgan fingerprint density at radius 2 is 2.16 bits per heavy atom. The monoisotopic (exact) mass is 275 g/mol. The molecule has 1 aliphatic carbocycles. The van der Waals surface area contributed by atoms with E-state index < -0.39 is 0 Å². The van der Waals surface area contributed by atoms with E-state index in [4.69, 9.17) is 0 Å². The highest BCUT2D eigenvalue weighted by Crippen LogP contribution is 2.49. The van der Waals surface area contributed by atoms with Crippen molar-refractivity contribution < 1.29 is 9.18 Å². The van der Waals surface area contributed by atoms with Crippen LogP contribution in [0.15, 0.2) is 41.8 Å². The van der Waals surface area contributed by atoms with E-state index in [9.17, 15) is 9.18 Å². The lowest BCUT2D eigenvalue weighted by molar-refractivity contribution is -0.122. The van der Waals surface area contributed by atoms with Gasteiger partial charge in [0, 0.05) is 28.8 Å². The first-order valence-electron chi connectivity index (χ1n) is 6.30. The minimum Gasteiger partial charge on any atom is -0.352 e. The Kier molecular flexibility index (Phi) is 3.34. The Morgan fingerprint density at radius 1 is 1.32 bits per heavy atom. The number of amides is 1. The van der Waals surface area contributed by atoms with E-state index in [0.29, 0.717) is 11.5 Å². The molecule has 4 heteroatoms. The second-order valence-corrected chi connectivity index (χ2v) is 5.75. The molecule has 19 heavy (non-hydrogen) atoms. The van der Waals surface area contributed by atoms with Crippen molar-refractivity contribution in [1.82, 2.24) is 5.32 Å². The van der Waals surface area contributed by atoms with Crippen LogP contribution in [0, 0.1) is 11.7 Å². The summed E-state index contributed by atoms with van der Waals surface area (Å²) in [6, 6.07) is 10.6. The summed E-state index contributed by atoms with van der Waals surface area (Å²) >= 11 is 1.69. The van der Waals surface area contributed by atoms with Crippen molar-refractivity contribution in [3.63, 3.8) is 0 Å². The minimum absolute atomic E-state index is 0.0293. The van der Waals surface area contributed by atoms with Gasteiger partial charge >= 0.3 is 0 Å². The Bertz CT molecular complexity index is 582. The first-order valence-corrected chi connectivity index (χ1v) is 7.18. The van der Waals surface area contributed by atoms with E-state index in [1.54, 1.807) is 29.5 Å². The number of carbonyl (C=O) groups is 1. The molecule has 1 amide bonds. The smallest absolute Gasteiger partial charge is 0.224 e. The molecule has 1 heterocycles. The van der Waals surface area contributed by atoms with Gasteiger partial charge < -0.3 is 5.32 Å². The predicted octanol–water partition coefficient (Wildman–Crippen LogP) is 3.31. The number of thiophene rings is 1. The number of carbonyl (C=O) groups excluding carboxylic acids is 1. The van der Waals surface area contributed by atoms with Crippen LogP contribution in [0.5, 0.6) is 0 Å². The fourth-order valence-corrected chi connectivity index (χ4v) is 3.16. The standard InChI is InChI=1S/C15H14FNOS/c16-13-5-2-1-4-10(13)9-17-15(18)12-8-11(12)14-6-3-7-19-14/h1-7,11-12H,8-9H2,(H,17,18). The molecule has 1 aromatic heterocycles. The lowest BCUT2D eigenvalue weighted by atomic mass is 10.2. The van der Waals surface area contributed by atoms with Gasteiger partial charge in [0.1, 0.15) is 5.82 Å². The Morgan fingerprint density at radius 3 is 2.89 bits per heavy atom. The SMILES string of the molecule is O=C(NCc1ccccc1F)C1CC1c1cccs1. The molecule has 0 saturated heterocycles. The second kappa shape index (κ2) is 5.13. The average Bonchev–Trinajstić information content (AvgIpc) is 3.04. The minimum atomic E-state index is -0.270. The molecular weight excluding hydrogens is 261 g/mol. The van der Waals surface area contributed by atoms with Crippen LogP contribution in [0.2, 0.25) is 0 Å². The molecule has 1 aliphatic rings. The van der Waals surface area contributed by atoms with E-state index in [2.05, 4.69) is 11.4 Å². The van der Waals surface area contributed by atoms with Crippen LogP contribution in [0.4, 0.5) is 4.39 Å². The summed E-state index contributed by atoms with van der Waals surface area (Å²) < 4.78 is 13.4. The molecule has 2 aromatic rings. The molecule has 0 spiro atoms. The fraction of sp³-hybridized carbons (Fsp3) is 0.267. The molecule has 98 valence electrons. The van der Waals surface area contributed by atoms with E-state index >= 15 is 0 Å². The molecule has 1 aromatic carbocycles. The third-order valence-electron chi connectivity index (χ3n) is 3.45. The maximum absolute atomic E-state index is 13.4. The number of hydrogen-bond acceptors (Lipinski definition) is 2. The quantitative estimate of drug-likeness (QED) is 0.911. The summed E-state index contributed by atoms with van der Waals surface area (Å²) in [7, 11) is 0. The van der Waals surface area contributed by atoms with Crippen LogP contribution in [0.1, 0.15) is 22.8 Å². The number of benzene rings is 1. The molecule has 2 nitrogen and oxygen atoms in total. The highest BCUT2D eigenvalue weighted by Gasteiger charge is 2.44. The zero-order valence-electron chi connectivity index (χ0n) is 10.3. The fourth-order valence-electron chi connectivity index (χ4n) is 2.26. The number of hydrogen-bond donors (Lipinski definition) is 1. The van der Waals surface area contributed by atoms with E-state index in [1.165, 1.54) is 10.9 Å². The normalized spacial score (nSPS) is 21.1. The van der Waals surface area contributed by atoms with E-state index in [0.717, 1.165) is 6.42 Å². The Hall–Kier alpha value is -1.68. The number of nitrogens with one attached hydrogen (secondary N) is 1. The first kappa shape index (κ1) is 12.4. The van der Waals surface area contributed by atoms with Crippen LogP contribution in [0.3, 0.4) is 0 Å². The largest absolute Gasteiger partial charge is 0.352 e. The summed E-state index contributed by atoms with van der Waals surface area (Å²) in [5.41, 5.74) is 0.532. The van der Waals surface area contributed by atoms with Gasteiger partial charge in [0.05, 0.1) is 0 Å². The Labute approximate surface area is 115 Å². The van der Waals surface area contributed by atoms with Gasteiger partial charge in [-0.1, -0.05) is 24.3 Å². The lowest BCUT2D eigenvalue weighted by Gasteiger charge is -2.05. The molecule has 0 bridgehead atoms. The van der Waals surface area contributed by atoms with E-state index in [-0.39, 0.29) is 24.2 Å². The molecule has 0 aliphatic heterocycles. The van der Waals surface area contributed by atoms with Gasteiger partial charge in [0.25, 0.3) is 0 Å². The highest BCUT2D eigenvalue weighted by molar-refractivity contribution is 7.10. The lowest BCUT2D eigenvalue weighted by Crippen LogP contribution is -2.25. The molecule has 0 radical (unpaired) electrons. The number of rotatable bonds is 4. The van der Waals surface area contributed by atoms with Crippen molar-refractivity contribution in [2.24, 2.45) is 5.92 Å². The predicted molar refractivity (Wildman–Crippen MR) is 73.4 cm³/mol. The van der Waals surface area contributed by atoms with Gasteiger partial charge in [-0.25, -0.2) is 4.39 Å². The number of halogens is 1. The van der Waals surface area contributed by atoms with Gasteiger partial charge in [0.15, 0.2) is 0 Å². The van der Waals surface area contributed by atoms with Crippen molar-refractivity contribution in [2.75, 3.05) is 0 Å². The van der Waals surface area contributed by atoms with Gasteiger partial charge in [0.2, 0.25) is 5.91 Å². The van der Waals surface area contributed by atoms with Crippen LogP contribution in [-0.2, 0) is 11.3 Å². The third kappa shape index (κ3) is 2.68. The summed E-state index contributed by atoms with van der Waals surface area (Å²) in [4.78, 5) is 13.2. The summed E-state index contributed by atoms with van der Waals surface area (Å²) in [5.74, 6) is 0.182. The van der Waals surface area contributed by atoms with Gasteiger partial charge in [-0.15, -0.1) is 11.3 Å². The first-order chi connectivity index (χ1) is 9.25. The van der Waals surface area contributed by atoms with Gasteiger partial charge in [-0.05, 0) is 23.9 Å².